The molecular weight excluding hydrogens is 478 g/mol. The Labute approximate surface area is 201 Å². The van der Waals surface area contributed by atoms with Crippen LogP contribution in [0.25, 0.3) is 33.1 Å². The van der Waals surface area contributed by atoms with Gasteiger partial charge in [0, 0.05) is 0 Å². The minimum absolute atomic E-state index is 0.104. The first-order chi connectivity index (χ1) is 17.2. The van der Waals surface area contributed by atoms with E-state index in [0.29, 0.717) is 10.3 Å². The zero-order valence-corrected chi connectivity index (χ0v) is 18.6. The zero-order chi connectivity index (χ0) is 25.4. The highest BCUT2D eigenvalue weighted by Gasteiger charge is 2.42. The number of aromatic nitrogens is 4. The number of nitrogens with one attached hydrogen (secondary N) is 1. The lowest BCUT2D eigenvalue weighted by Crippen LogP contribution is -2.33. The Kier molecular flexibility index (Phi) is 5.75. The van der Waals surface area contributed by atoms with Gasteiger partial charge in [0.25, 0.3) is 0 Å². The van der Waals surface area contributed by atoms with Crippen LogP contribution < -0.4 is 10.2 Å². The lowest BCUT2D eigenvalue weighted by Gasteiger charge is -2.21. The number of anilines is 1. The molecule has 0 aliphatic heterocycles. The molecule has 7 nitrogen and oxygen atoms in total. The summed E-state index contributed by atoms with van der Waals surface area (Å²) < 4.78 is 52.5. The summed E-state index contributed by atoms with van der Waals surface area (Å²) >= 11 is 0. The summed E-state index contributed by atoms with van der Waals surface area (Å²) in [5.74, 6) is -2.56. The van der Waals surface area contributed by atoms with Gasteiger partial charge in [0.2, 0.25) is 5.65 Å². The summed E-state index contributed by atoms with van der Waals surface area (Å²) in [7, 11) is 0. The summed E-state index contributed by atoms with van der Waals surface area (Å²) in [4.78, 5) is 27.7. The number of benzene rings is 3. The van der Waals surface area contributed by atoms with Crippen LogP contribution in [0.5, 0.6) is 0 Å². The smallest absolute Gasteiger partial charge is 0.362 e. The van der Waals surface area contributed by atoms with E-state index in [0.717, 1.165) is 34.6 Å². The van der Waals surface area contributed by atoms with Crippen LogP contribution in [0.4, 0.5) is 23.4 Å². The van der Waals surface area contributed by atoms with Crippen molar-refractivity contribution in [3.05, 3.63) is 84.7 Å². The number of carbonyl (C=O) groups is 1. The highest BCUT2D eigenvalue weighted by molar-refractivity contribution is 5.98. The Morgan fingerprint density at radius 2 is 1.83 bits per heavy atom. The molecule has 0 bridgehead atoms. The van der Waals surface area contributed by atoms with Gasteiger partial charge in [0.05, 0.1) is 6.04 Å². The van der Waals surface area contributed by atoms with Crippen LogP contribution in [0.15, 0.2) is 73.3 Å². The molecule has 1 unspecified atom stereocenters. The Bertz CT molecular complexity index is 1600. The van der Waals surface area contributed by atoms with Crippen LogP contribution in [-0.4, -0.2) is 31.8 Å². The van der Waals surface area contributed by atoms with E-state index in [1.807, 2.05) is 49.4 Å². The van der Waals surface area contributed by atoms with Gasteiger partial charge in [0.15, 0.2) is 11.3 Å². The number of carbonyl (C=O) groups excluding carboxylic acids is 1. The lowest BCUT2D eigenvalue weighted by atomic mass is 9.90. The van der Waals surface area contributed by atoms with E-state index in [1.165, 1.54) is 12.1 Å². The predicted octanol–water partition coefficient (Wildman–Crippen LogP) is 5.48. The van der Waals surface area contributed by atoms with Crippen molar-refractivity contribution in [1.29, 1.82) is 0 Å². The van der Waals surface area contributed by atoms with Gasteiger partial charge in [-0.1, -0.05) is 48.5 Å². The maximum atomic E-state index is 14.1. The van der Waals surface area contributed by atoms with Gasteiger partial charge >= 0.3 is 12.1 Å². The van der Waals surface area contributed by atoms with Crippen LogP contribution >= 0.6 is 0 Å². The zero-order valence-electron chi connectivity index (χ0n) is 18.6. The minimum atomic E-state index is -5.18. The van der Waals surface area contributed by atoms with Crippen molar-refractivity contribution >= 4 is 33.7 Å². The van der Waals surface area contributed by atoms with Gasteiger partial charge in [-0.3, -0.25) is 0 Å². The fraction of sp³-hybridized carbons (Fsp3) is 0.120. The topological polar surface area (TPSA) is 81.9 Å². The van der Waals surface area contributed by atoms with Crippen molar-refractivity contribution in [2.24, 2.45) is 0 Å². The van der Waals surface area contributed by atoms with E-state index < -0.39 is 18.2 Å². The molecule has 182 valence electrons. The third-order valence-electron chi connectivity index (χ3n) is 5.61. The lowest BCUT2D eigenvalue weighted by molar-refractivity contribution is -0.199. The number of imidazole rings is 1. The molecule has 0 saturated heterocycles. The van der Waals surface area contributed by atoms with E-state index in [2.05, 4.69) is 25.1 Å². The van der Waals surface area contributed by atoms with Gasteiger partial charge in [-0.25, -0.2) is 24.1 Å². The molecule has 5 aromatic rings. The van der Waals surface area contributed by atoms with Crippen LogP contribution in [0.1, 0.15) is 18.5 Å². The van der Waals surface area contributed by atoms with Gasteiger partial charge in [0.1, 0.15) is 18.5 Å². The molecule has 2 heterocycles. The van der Waals surface area contributed by atoms with Crippen molar-refractivity contribution in [2.75, 3.05) is 5.32 Å². The second-order valence-corrected chi connectivity index (χ2v) is 7.97. The number of nitrogens with zero attached hydrogens (tertiary/aromatic N) is 4. The average molecular weight is 495 g/mol. The first-order valence-electron chi connectivity index (χ1n) is 10.7. The molecule has 0 aliphatic rings. The molecule has 1 atom stereocenters. The summed E-state index contributed by atoms with van der Waals surface area (Å²) in [6.45, 7) is 1.86. The predicted molar refractivity (Wildman–Crippen MR) is 124 cm³/mol. The summed E-state index contributed by atoms with van der Waals surface area (Å²) in [5.41, 5.74) is 2.32. The molecular formula is C25H17F4N5O2. The molecule has 36 heavy (non-hydrogen) atoms. The van der Waals surface area contributed by atoms with Crippen molar-refractivity contribution in [3.8, 4) is 11.1 Å². The summed E-state index contributed by atoms with van der Waals surface area (Å²) in [6.07, 6.45) is -3.15. The molecule has 0 radical (unpaired) electrons. The second-order valence-electron chi connectivity index (χ2n) is 7.97. The number of hydrogen-bond acceptors (Lipinski definition) is 6. The fourth-order valence-electron chi connectivity index (χ4n) is 4.03. The van der Waals surface area contributed by atoms with Gasteiger partial charge in [-0.15, -0.1) is 4.73 Å². The quantitative estimate of drug-likeness (QED) is 0.326. The minimum Gasteiger partial charge on any atom is -0.362 e. The van der Waals surface area contributed by atoms with Crippen LogP contribution in [-0.2, 0) is 4.79 Å². The van der Waals surface area contributed by atoms with Crippen LogP contribution in [0.2, 0.25) is 0 Å². The Morgan fingerprint density at radius 1 is 1.03 bits per heavy atom. The number of fused-ring (bicyclic) bond motifs is 2. The number of rotatable bonds is 5. The molecule has 1 N–H and O–H groups in total. The fourth-order valence-corrected chi connectivity index (χ4v) is 4.03. The van der Waals surface area contributed by atoms with Gasteiger partial charge < -0.3 is 10.2 Å². The molecule has 5 rings (SSSR count). The normalized spacial score (nSPS) is 12.6. The molecule has 0 spiro atoms. The second kappa shape index (κ2) is 8.91. The van der Waals surface area contributed by atoms with E-state index in [-0.39, 0.29) is 22.8 Å². The number of alkyl halides is 3. The number of halogens is 4. The highest BCUT2D eigenvalue weighted by atomic mass is 19.4. The van der Waals surface area contributed by atoms with E-state index in [1.54, 1.807) is 6.07 Å². The molecule has 0 fully saturated rings. The highest BCUT2D eigenvalue weighted by Crippen LogP contribution is 2.37. The van der Waals surface area contributed by atoms with Gasteiger partial charge in [-0.2, -0.15) is 13.2 Å². The summed E-state index contributed by atoms with van der Waals surface area (Å²) in [6, 6.07) is 17.5. The van der Waals surface area contributed by atoms with Crippen molar-refractivity contribution in [3.63, 3.8) is 0 Å². The molecule has 0 saturated carbocycles. The van der Waals surface area contributed by atoms with Crippen molar-refractivity contribution in [2.45, 2.75) is 19.1 Å². The first kappa shape index (κ1) is 23.2. The van der Waals surface area contributed by atoms with Gasteiger partial charge in [-0.05, 0) is 46.5 Å². The van der Waals surface area contributed by atoms with Crippen molar-refractivity contribution in [1.82, 2.24) is 19.7 Å². The molecule has 0 amide bonds. The van der Waals surface area contributed by atoms with E-state index >= 15 is 0 Å². The average Bonchev–Trinajstić information content (AvgIpc) is 3.26. The Balaban J connectivity index is 1.55. The molecule has 0 aliphatic carbocycles. The summed E-state index contributed by atoms with van der Waals surface area (Å²) in [5, 5.41) is 5.10. The number of hydrogen-bond donors (Lipinski definition) is 1. The van der Waals surface area contributed by atoms with E-state index in [4.69, 9.17) is 0 Å². The standard InChI is InChI=1S/C25H17F4N5O2/c1-14(33-22-21-23(31-12-30-22)34(13-32-21)36-24(35)25(27,28)29)18-10-9-15-5-2-3-8-19(15)20(18)16-6-4-7-17(26)11-16/h2-14H,1H3,(H,30,31,33). The Morgan fingerprint density at radius 3 is 2.61 bits per heavy atom. The Hall–Kier alpha value is -4.54. The third-order valence-corrected chi connectivity index (χ3v) is 5.61. The van der Waals surface area contributed by atoms with Crippen LogP contribution in [0, 0.1) is 5.82 Å². The van der Waals surface area contributed by atoms with Crippen molar-refractivity contribution < 1.29 is 27.2 Å². The molecule has 11 heteroatoms. The molecule has 2 aromatic heterocycles. The molecule has 3 aromatic carbocycles. The third kappa shape index (κ3) is 4.30. The van der Waals surface area contributed by atoms with Crippen LogP contribution in [0.3, 0.4) is 0 Å². The first-order valence-corrected chi connectivity index (χ1v) is 10.7. The van der Waals surface area contributed by atoms with E-state index in [9.17, 15) is 22.4 Å². The maximum Gasteiger partial charge on any atom is 0.493 e. The SMILES string of the molecule is CC(Nc1ncnc2c1ncn2OC(=O)C(F)(F)F)c1ccc2ccccc2c1-c1cccc(F)c1. The largest absolute Gasteiger partial charge is 0.493 e. The monoisotopic (exact) mass is 495 g/mol. The maximum absolute atomic E-state index is 14.1.